The van der Waals surface area contributed by atoms with E-state index in [4.69, 9.17) is 9.47 Å². The van der Waals surface area contributed by atoms with Gasteiger partial charge >= 0.3 is 0 Å². The zero-order chi connectivity index (χ0) is 17.7. The van der Waals surface area contributed by atoms with Gasteiger partial charge in [-0.25, -0.2) is 0 Å². The highest BCUT2D eigenvalue weighted by atomic mass is 16.5. The molecule has 1 aromatic rings. The maximum Gasteiger partial charge on any atom is 0.245 e. The average molecular weight is 336 g/mol. The first-order valence-electron chi connectivity index (χ1n) is 8.61. The second-order valence-electron chi connectivity index (χ2n) is 6.32. The summed E-state index contributed by atoms with van der Waals surface area (Å²) in [5.74, 6) is 1.50. The number of quaternary nitrogens is 1. The molecule has 1 saturated heterocycles. The van der Waals surface area contributed by atoms with Crippen LogP contribution in [0.5, 0.6) is 11.5 Å². The van der Waals surface area contributed by atoms with Crippen molar-refractivity contribution in [3.05, 3.63) is 17.7 Å². The minimum absolute atomic E-state index is 0.152. The zero-order valence-electron chi connectivity index (χ0n) is 15.4. The van der Waals surface area contributed by atoms with E-state index in [0.717, 1.165) is 44.0 Å². The second kappa shape index (κ2) is 8.24. The molecule has 0 unspecified atom stereocenters. The topological polar surface area (TPSA) is 55.2 Å². The van der Waals surface area contributed by atoms with Crippen LogP contribution in [0.1, 0.15) is 19.4 Å². The molecule has 6 nitrogen and oxygen atoms in total. The highest BCUT2D eigenvalue weighted by Crippen LogP contribution is 2.33. The monoisotopic (exact) mass is 336 g/mol. The Labute approximate surface area is 144 Å². The molecule has 0 aromatic heterocycles. The molecule has 1 aliphatic rings. The largest absolute Gasteiger partial charge is 0.493 e. The van der Waals surface area contributed by atoms with Crippen LogP contribution in [0.4, 0.5) is 5.69 Å². The Kier molecular flexibility index (Phi) is 6.31. The van der Waals surface area contributed by atoms with Crippen molar-refractivity contribution in [1.29, 1.82) is 0 Å². The Bertz CT molecular complexity index is 569. The lowest BCUT2D eigenvalue weighted by molar-refractivity contribution is -0.902. The molecule has 0 bridgehead atoms. The van der Waals surface area contributed by atoms with Gasteiger partial charge in [0.15, 0.2) is 11.5 Å². The van der Waals surface area contributed by atoms with Gasteiger partial charge in [0.05, 0.1) is 46.9 Å². The SMILES string of the molecule is CC[NH+]1CCN(C(=O)[C@H](C)Nc2cc(OC)c(OC)cc2C)CC1. The summed E-state index contributed by atoms with van der Waals surface area (Å²) in [7, 11) is 3.23. The first-order valence-corrected chi connectivity index (χ1v) is 8.61. The molecule has 1 aliphatic heterocycles. The van der Waals surface area contributed by atoms with E-state index in [1.807, 2.05) is 30.9 Å². The molecule has 0 aliphatic carbocycles. The maximum absolute atomic E-state index is 12.7. The number of hydrogen-bond acceptors (Lipinski definition) is 4. The van der Waals surface area contributed by atoms with Crippen molar-refractivity contribution >= 4 is 11.6 Å². The normalized spacial score (nSPS) is 16.6. The average Bonchev–Trinajstić information content (AvgIpc) is 2.62. The van der Waals surface area contributed by atoms with Crippen molar-refractivity contribution in [2.75, 3.05) is 52.3 Å². The van der Waals surface area contributed by atoms with Gasteiger partial charge < -0.3 is 24.6 Å². The predicted octanol–water partition coefficient (Wildman–Crippen LogP) is 0.560. The molecule has 1 amide bonds. The molecule has 1 aromatic carbocycles. The molecule has 24 heavy (non-hydrogen) atoms. The van der Waals surface area contributed by atoms with Gasteiger partial charge in [0, 0.05) is 11.8 Å². The third-order valence-corrected chi connectivity index (χ3v) is 4.76. The number of methoxy groups -OCH3 is 2. The summed E-state index contributed by atoms with van der Waals surface area (Å²) in [6.07, 6.45) is 0. The van der Waals surface area contributed by atoms with Crippen LogP contribution in [-0.4, -0.2) is 63.8 Å². The summed E-state index contributed by atoms with van der Waals surface area (Å²) in [6, 6.07) is 3.53. The number of piperazine rings is 1. The smallest absolute Gasteiger partial charge is 0.245 e. The third-order valence-electron chi connectivity index (χ3n) is 4.76. The van der Waals surface area contributed by atoms with Crippen LogP contribution in [0, 0.1) is 6.92 Å². The van der Waals surface area contributed by atoms with Gasteiger partial charge in [0.25, 0.3) is 0 Å². The van der Waals surface area contributed by atoms with Gasteiger partial charge in [-0.3, -0.25) is 4.79 Å². The lowest BCUT2D eigenvalue weighted by atomic mass is 10.1. The van der Waals surface area contributed by atoms with Gasteiger partial charge in [-0.1, -0.05) is 0 Å². The summed E-state index contributed by atoms with van der Waals surface area (Å²) in [5, 5.41) is 3.32. The minimum Gasteiger partial charge on any atom is -0.493 e. The summed E-state index contributed by atoms with van der Waals surface area (Å²) in [4.78, 5) is 16.2. The van der Waals surface area contributed by atoms with Gasteiger partial charge in [-0.15, -0.1) is 0 Å². The number of carbonyl (C=O) groups is 1. The number of aryl methyl sites for hydroxylation is 1. The molecular formula is C18H30N3O3+. The molecule has 1 heterocycles. The van der Waals surface area contributed by atoms with E-state index >= 15 is 0 Å². The standard InChI is InChI=1S/C18H29N3O3/c1-6-20-7-9-21(10-8-20)18(22)14(3)19-15-12-17(24-5)16(23-4)11-13(15)2/h11-12,14,19H,6-10H2,1-5H3/p+1/t14-/m0/s1. The molecule has 0 saturated carbocycles. The van der Waals surface area contributed by atoms with Crippen molar-refractivity contribution in [1.82, 2.24) is 4.90 Å². The molecular weight excluding hydrogens is 306 g/mol. The van der Waals surface area contributed by atoms with Crippen LogP contribution in [0.2, 0.25) is 0 Å². The van der Waals surface area contributed by atoms with Crippen LogP contribution in [-0.2, 0) is 4.79 Å². The number of hydrogen-bond donors (Lipinski definition) is 2. The van der Waals surface area contributed by atoms with Crippen LogP contribution >= 0.6 is 0 Å². The van der Waals surface area contributed by atoms with Crippen LogP contribution < -0.4 is 19.7 Å². The van der Waals surface area contributed by atoms with E-state index in [1.54, 1.807) is 19.1 Å². The number of nitrogens with one attached hydrogen (secondary N) is 2. The lowest BCUT2D eigenvalue weighted by Crippen LogP contribution is -3.14. The fourth-order valence-corrected chi connectivity index (χ4v) is 3.10. The first-order chi connectivity index (χ1) is 11.5. The number of likely N-dealkylation sites (N-methyl/N-ethyl adjacent to an activating group) is 1. The fraction of sp³-hybridized carbons (Fsp3) is 0.611. The third kappa shape index (κ3) is 4.12. The number of carbonyl (C=O) groups excluding carboxylic acids is 1. The van der Waals surface area contributed by atoms with Crippen molar-refractivity contribution < 1.29 is 19.2 Å². The summed E-state index contributed by atoms with van der Waals surface area (Å²) in [5.41, 5.74) is 1.92. The summed E-state index contributed by atoms with van der Waals surface area (Å²) in [6.45, 7) is 11.0. The Morgan fingerprint density at radius 2 is 1.83 bits per heavy atom. The molecule has 0 spiro atoms. The Balaban J connectivity index is 2.04. The van der Waals surface area contributed by atoms with E-state index in [9.17, 15) is 4.79 Å². The molecule has 134 valence electrons. The lowest BCUT2D eigenvalue weighted by Gasteiger charge is -2.33. The maximum atomic E-state index is 12.7. The van der Waals surface area contributed by atoms with Crippen LogP contribution in [0.25, 0.3) is 0 Å². The van der Waals surface area contributed by atoms with E-state index in [2.05, 4.69) is 12.2 Å². The molecule has 2 N–H and O–H groups in total. The number of ether oxygens (including phenoxy) is 2. The van der Waals surface area contributed by atoms with Crippen LogP contribution in [0.15, 0.2) is 12.1 Å². The van der Waals surface area contributed by atoms with Crippen molar-refractivity contribution in [3.63, 3.8) is 0 Å². The molecule has 0 radical (unpaired) electrons. The second-order valence-corrected chi connectivity index (χ2v) is 6.32. The van der Waals surface area contributed by atoms with Gasteiger partial charge in [-0.05, 0) is 32.4 Å². The number of benzene rings is 1. The van der Waals surface area contributed by atoms with E-state index in [-0.39, 0.29) is 11.9 Å². The molecule has 2 rings (SSSR count). The number of amides is 1. The fourth-order valence-electron chi connectivity index (χ4n) is 3.10. The van der Waals surface area contributed by atoms with Gasteiger partial charge in [0.1, 0.15) is 6.04 Å². The van der Waals surface area contributed by atoms with Crippen LogP contribution in [0.3, 0.4) is 0 Å². The number of nitrogens with zero attached hydrogens (tertiary/aromatic N) is 1. The predicted molar refractivity (Wildman–Crippen MR) is 95.2 cm³/mol. The summed E-state index contributed by atoms with van der Waals surface area (Å²) >= 11 is 0. The van der Waals surface area contributed by atoms with Crippen molar-refractivity contribution in [2.45, 2.75) is 26.8 Å². The highest BCUT2D eigenvalue weighted by Gasteiger charge is 2.26. The van der Waals surface area contributed by atoms with E-state index < -0.39 is 0 Å². The Morgan fingerprint density at radius 3 is 2.38 bits per heavy atom. The Morgan fingerprint density at radius 1 is 1.25 bits per heavy atom. The number of rotatable bonds is 6. The van der Waals surface area contributed by atoms with Crippen molar-refractivity contribution in [2.24, 2.45) is 0 Å². The molecule has 6 heteroatoms. The Hall–Kier alpha value is -1.95. The van der Waals surface area contributed by atoms with Gasteiger partial charge in [0.2, 0.25) is 5.91 Å². The summed E-state index contributed by atoms with van der Waals surface area (Å²) < 4.78 is 10.7. The quantitative estimate of drug-likeness (QED) is 0.797. The highest BCUT2D eigenvalue weighted by molar-refractivity contribution is 5.84. The zero-order valence-corrected chi connectivity index (χ0v) is 15.4. The van der Waals surface area contributed by atoms with E-state index in [1.165, 1.54) is 0 Å². The minimum atomic E-state index is -0.273. The van der Waals surface area contributed by atoms with E-state index in [0.29, 0.717) is 11.5 Å². The van der Waals surface area contributed by atoms with Gasteiger partial charge in [-0.2, -0.15) is 0 Å². The number of anilines is 1. The first kappa shape index (κ1) is 18.4. The molecule has 1 fully saturated rings. The van der Waals surface area contributed by atoms with Crippen molar-refractivity contribution in [3.8, 4) is 11.5 Å². The molecule has 1 atom stereocenters.